The lowest BCUT2D eigenvalue weighted by Gasteiger charge is -2.31. The van der Waals surface area contributed by atoms with Gasteiger partial charge in [-0.3, -0.25) is 4.90 Å². The predicted molar refractivity (Wildman–Crippen MR) is 66.4 cm³/mol. The van der Waals surface area contributed by atoms with Crippen LogP contribution in [0.25, 0.3) is 0 Å². The van der Waals surface area contributed by atoms with Gasteiger partial charge < -0.3 is 4.74 Å². The fraction of sp³-hybridized carbons (Fsp3) is 0.500. The molecular formula is C14H17FN2O. The second-order valence-corrected chi connectivity index (χ2v) is 4.70. The summed E-state index contributed by atoms with van der Waals surface area (Å²) in [6.07, 6.45) is 2.45. The number of nitrogens with zero attached hydrogens (tertiary/aromatic N) is 2. The lowest BCUT2D eigenvalue weighted by atomic mass is 10.1. The molecule has 18 heavy (non-hydrogen) atoms. The quantitative estimate of drug-likeness (QED) is 0.823. The number of piperidine rings is 1. The summed E-state index contributed by atoms with van der Waals surface area (Å²) >= 11 is 0. The molecule has 1 unspecified atom stereocenters. The molecule has 0 aromatic heterocycles. The first-order chi connectivity index (χ1) is 8.71. The maximum atomic E-state index is 13.3. The van der Waals surface area contributed by atoms with Gasteiger partial charge in [-0.2, -0.15) is 5.26 Å². The van der Waals surface area contributed by atoms with Crippen LogP contribution in [-0.4, -0.2) is 31.2 Å². The van der Waals surface area contributed by atoms with Crippen LogP contribution in [0, 0.1) is 17.1 Å². The summed E-state index contributed by atoms with van der Waals surface area (Å²) < 4.78 is 18.7. The summed E-state index contributed by atoms with van der Waals surface area (Å²) in [5, 5.41) is 8.82. The lowest BCUT2D eigenvalue weighted by molar-refractivity contribution is 0.0285. The third-order valence-electron chi connectivity index (χ3n) is 3.29. The molecule has 1 aliphatic heterocycles. The third kappa shape index (κ3) is 3.28. The fourth-order valence-corrected chi connectivity index (χ4v) is 2.41. The third-order valence-corrected chi connectivity index (χ3v) is 3.29. The Bertz CT molecular complexity index is 456. The van der Waals surface area contributed by atoms with Crippen molar-refractivity contribution >= 4 is 0 Å². The summed E-state index contributed by atoms with van der Waals surface area (Å²) in [6.45, 7) is 2.54. The minimum absolute atomic E-state index is 0.266. The van der Waals surface area contributed by atoms with Crippen molar-refractivity contribution in [1.29, 1.82) is 5.26 Å². The van der Waals surface area contributed by atoms with E-state index in [1.165, 1.54) is 12.1 Å². The highest BCUT2D eigenvalue weighted by Crippen LogP contribution is 2.17. The number of ether oxygens (including phenoxy) is 1. The van der Waals surface area contributed by atoms with E-state index >= 15 is 0 Å². The smallest absolute Gasteiger partial charge is 0.124 e. The Kier molecular flexibility index (Phi) is 4.29. The summed E-state index contributed by atoms with van der Waals surface area (Å²) in [7, 11) is 1.73. The van der Waals surface area contributed by atoms with Gasteiger partial charge in [0.25, 0.3) is 0 Å². The molecule has 1 fully saturated rings. The van der Waals surface area contributed by atoms with Crippen LogP contribution in [-0.2, 0) is 11.3 Å². The predicted octanol–water partition coefficient (Wildman–Crippen LogP) is 2.31. The Balaban J connectivity index is 2.05. The molecule has 96 valence electrons. The molecule has 1 aromatic rings. The van der Waals surface area contributed by atoms with Crippen molar-refractivity contribution in [2.45, 2.75) is 25.5 Å². The molecule has 0 amide bonds. The van der Waals surface area contributed by atoms with Gasteiger partial charge in [-0.1, -0.05) is 0 Å². The van der Waals surface area contributed by atoms with E-state index in [9.17, 15) is 4.39 Å². The SMILES string of the molecule is COC1CCCN(Cc2cc(F)cc(C#N)c2)C1. The van der Waals surface area contributed by atoms with Gasteiger partial charge >= 0.3 is 0 Å². The number of rotatable bonds is 3. The van der Waals surface area contributed by atoms with Crippen molar-refractivity contribution in [3.05, 3.63) is 35.1 Å². The average molecular weight is 248 g/mol. The molecule has 0 bridgehead atoms. The molecule has 1 heterocycles. The molecule has 0 aliphatic carbocycles. The zero-order chi connectivity index (χ0) is 13.0. The van der Waals surface area contributed by atoms with Crippen LogP contribution < -0.4 is 0 Å². The highest BCUT2D eigenvalue weighted by Gasteiger charge is 2.19. The van der Waals surface area contributed by atoms with Gasteiger partial charge in [0.1, 0.15) is 5.82 Å². The second kappa shape index (κ2) is 5.94. The molecule has 0 N–H and O–H groups in total. The van der Waals surface area contributed by atoms with Crippen LogP contribution in [0.5, 0.6) is 0 Å². The maximum absolute atomic E-state index is 13.3. The molecule has 1 saturated heterocycles. The molecule has 0 saturated carbocycles. The Morgan fingerprint density at radius 3 is 3.06 bits per heavy atom. The summed E-state index contributed by atoms with van der Waals surface area (Å²) in [6, 6.07) is 6.49. The van der Waals surface area contributed by atoms with E-state index in [1.807, 2.05) is 6.07 Å². The first-order valence-corrected chi connectivity index (χ1v) is 6.16. The van der Waals surface area contributed by atoms with Crippen molar-refractivity contribution in [3.63, 3.8) is 0 Å². The normalized spacial score (nSPS) is 20.6. The van der Waals surface area contributed by atoms with Gasteiger partial charge in [0.2, 0.25) is 0 Å². The number of hydrogen-bond donors (Lipinski definition) is 0. The second-order valence-electron chi connectivity index (χ2n) is 4.70. The van der Waals surface area contributed by atoms with E-state index in [2.05, 4.69) is 4.90 Å². The summed E-state index contributed by atoms with van der Waals surface area (Å²) in [5.41, 5.74) is 1.23. The van der Waals surface area contributed by atoms with Crippen molar-refractivity contribution in [2.24, 2.45) is 0 Å². The van der Waals surface area contributed by atoms with Crippen molar-refractivity contribution in [3.8, 4) is 6.07 Å². The van der Waals surface area contributed by atoms with Gasteiger partial charge in [0.05, 0.1) is 17.7 Å². The molecular weight excluding hydrogens is 231 g/mol. The minimum Gasteiger partial charge on any atom is -0.380 e. The number of benzene rings is 1. The Morgan fingerprint density at radius 1 is 1.50 bits per heavy atom. The molecule has 1 aromatic carbocycles. The van der Waals surface area contributed by atoms with Crippen LogP contribution in [0.1, 0.15) is 24.0 Å². The van der Waals surface area contributed by atoms with Crippen molar-refractivity contribution in [2.75, 3.05) is 20.2 Å². The van der Waals surface area contributed by atoms with Gasteiger partial charge in [-0.05, 0) is 43.1 Å². The number of halogens is 1. The van der Waals surface area contributed by atoms with E-state index in [1.54, 1.807) is 13.2 Å². The molecule has 2 rings (SSSR count). The van der Waals surface area contributed by atoms with Gasteiger partial charge in [0, 0.05) is 20.2 Å². The van der Waals surface area contributed by atoms with E-state index < -0.39 is 0 Å². The largest absolute Gasteiger partial charge is 0.380 e. The van der Waals surface area contributed by atoms with E-state index in [-0.39, 0.29) is 11.9 Å². The first kappa shape index (κ1) is 13.0. The number of methoxy groups -OCH3 is 1. The van der Waals surface area contributed by atoms with Gasteiger partial charge in [0.15, 0.2) is 0 Å². The maximum Gasteiger partial charge on any atom is 0.124 e. The van der Waals surface area contributed by atoms with Crippen LogP contribution in [0.15, 0.2) is 18.2 Å². The lowest BCUT2D eigenvalue weighted by Crippen LogP contribution is -2.38. The zero-order valence-electron chi connectivity index (χ0n) is 10.5. The number of nitriles is 1. The molecule has 1 aliphatic rings. The van der Waals surface area contributed by atoms with E-state index in [0.717, 1.165) is 31.5 Å². The molecule has 4 heteroatoms. The monoisotopic (exact) mass is 248 g/mol. The fourth-order valence-electron chi connectivity index (χ4n) is 2.41. The van der Waals surface area contributed by atoms with Crippen molar-refractivity contribution < 1.29 is 9.13 Å². The van der Waals surface area contributed by atoms with Crippen LogP contribution in [0.3, 0.4) is 0 Å². The topological polar surface area (TPSA) is 36.3 Å². The first-order valence-electron chi connectivity index (χ1n) is 6.16. The van der Waals surface area contributed by atoms with Gasteiger partial charge in [-0.15, -0.1) is 0 Å². The number of likely N-dealkylation sites (tertiary alicyclic amines) is 1. The molecule has 1 atom stereocenters. The minimum atomic E-state index is -0.343. The molecule has 0 radical (unpaired) electrons. The highest BCUT2D eigenvalue weighted by molar-refractivity contribution is 5.33. The Labute approximate surface area is 107 Å². The van der Waals surface area contributed by atoms with Crippen molar-refractivity contribution in [1.82, 2.24) is 4.90 Å². The average Bonchev–Trinajstić information content (AvgIpc) is 2.38. The van der Waals surface area contributed by atoms with Gasteiger partial charge in [-0.25, -0.2) is 4.39 Å². The zero-order valence-corrected chi connectivity index (χ0v) is 10.5. The molecule has 3 nitrogen and oxygen atoms in total. The Hall–Kier alpha value is -1.44. The van der Waals surface area contributed by atoms with Crippen LogP contribution in [0.2, 0.25) is 0 Å². The summed E-state index contributed by atoms with van der Waals surface area (Å²) in [5.74, 6) is -0.343. The van der Waals surface area contributed by atoms with Crippen LogP contribution in [0.4, 0.5) is 4.39 Å². The Morgan fingerprint density at radius 2 is 2.33 bits per heavy atom. The molecule has 0 spiro atoms. The summed E-state index contributed by atoms with van der Waals surface area (Å²) in [4.78, 5) is 2.24. The standard InChI is InChI=1S/C14H17FN2O/c1-18-14-3-2-4-17(10-14)9-12-5-11(8-16)6-13(15)7-12/h5-7,14H,2-4,9-10H2,1H3. The highest BCUT2D eigenvalue weighted by atomic mass is 19.1. The van der Waals surface area contributed by atoms with E-state index in [0.29, 0.717) is 12.1 Å². The number of hydrogen-bond acceptors (Lipinski definition) is 3. The van der Waals surface area contributed by atoms with E-state index in [4.69, 9.17) is 10.00 Å². The van der Waals surface area contributed by atoms with Crippen LogP contribution >= 0.6 is 0 Å².